The van der Waals surface area contributed by atoms with Crippen LogP contribution in [0.1, 0.15) is 5.56 Å². The van der Waals surface area contributed by atoms with Gasteiger partial charge in [-0.2, -0.15) is 0 Å². The van der Waals surface area contributed by atoms with Crippen molar-refractivity contribution in [3.05, 3.63) is 54.1 Å². The summed E-state index contributed by atoms with van der Waals surface area (Å²) >= 11 is 1.18. The number of ether oxygens (including phenoxy) is 1. The zero-order valence-corrected chi connectivity index (χ0v) is 9.87. The van der Waals surface area contributed by atoms with Gasteiger partial charge in [0.05, 0.1) is 0 Å². The maximum atomic E-state index is 11.4. The fourth-order valence-corrected chi connectivity index (χ4v) is 2.43. The van der Waals surface area contributed by atoms with Crippen molar-refractivity contribution in [2.75, 3.05) is 5.94 Å². The van der Waals surface area contributed by atoms with Crippen LogP contribution in [0.3, 0.4) is 0 Å². The van der Waals surface area contributed by atoms with Crippen molar-refractivity contribution in [3.63, 3.8) is 0 Å². The van der Waals surface area contributed by atoms with Gasteiger partial charge in [-0.25, -0.2) is 0 Å². The normalized spacial score (nSPS) is 15.5. The van der Waals surface area contributed by atoms with Gasteiger partial charge in [0, 0.05) is 11.6 Å². The third-order valence-corrected chi connectivity index (χ3v) is 3.36. The van der Waals surface area contributed by atoms with Gasteiger partial charge in [0.15, 0.2) is 0 Å². The van der Waals surface area contributed by atoms with Crippen LogP contribution in [0.2, 0.25) is 0 Å². The van der Waals surface area contributed by atoms with Gasteiger partial charge in [0.2, 0.25) is 5.12 Å². The van der Waals surface area contributed by atoms with Crippen LogP contribution >= 0.6 is 11.8 Å². The molecule has 2 nitrogen and oxygen atoms in total. The third-order valence-electron chi connectivity index (χ3n) is 2.72. The topological polar surface area (TPSA) is 26.3 Å². The molecule has 0 saturated heterocycles. The highest BCUT2D eigenvalue weighted by molar-refractivity contribution is 8.14. The molecule has 0 aliphatic carbocycles. The van der Waals surface area contributed by atoms with Crippen molar-refractivity contribution < 1.29 is 9.53 Å². The Morgan fingerprint density at radius 3 is 2.76 bits per heavy atom. The van der Waals surface area contributed by atoms with Crippen molar-refractivity contribution in [1.29, 1.82) is 0 Å². The number of rotatable bonds is 1. The van der Waals surface area contributed by atoms with E-state index in [0.29, 0.717) is 11.7 Å². The predicted molar refractivity (Wildman–Crippen MR) is 70.5 cm³/mol. The van der Waals surface area contributed by atoms with Crippen LogP contribution < -0.4 is 0 Å². The van der Waals surface area contributed by atoms with Crippen LogP contribution in [0.4, 0.5) is 0 Å². The number of fused-ring (bicyclic) bond motifs is 1. The third kappa shape index (κ3) is 1.94. The summed E-state index contributed by atoms with van der Waals surface area (Å²) in [7, 11) is 0. The highest BCUT2D eigenvalue weighted by Crippen LogP contribution is 2.29. The van der Waals surface area contributed by atoms with E-state index < -0.39 is 0 Å². The summed E-state index contributed by atoms with van der Waals surface area (Å²) < 4.78 is 5.55. The van der Waals surface area contributed by atoms with Crippen LogP contribution in [0, 0.1) is 0 Å². The summed E-state index contributed by atoms with van der Waals surface area (Å²) in [5.74, 6) is 1.07. The van der Waals surface area contributed by atoms with Gasteiger partial charge in [-0.15, -0.1) is 0 Å². The molecule has 0 bridgehead atoms. The van der Waals surface area contributed by atoms with Gasteiger partial charge in [-0.3, -0.25) is 4.79 Å². The zero-order chi connectivity index (χ0) is 11.7. The molecule has 0 spiro atoms. The van der Waals surface area contributed by atoms with Gasteiger partial charge in [-0.05, 0) is 22.5 Å². The summed E-state index contributed by atoms with van der Waals surface area (Å²) in [6.45, 7) is 0. The molecule has 1 heterocycles. The number of benzene rings is 2. The molecule has 17 heavy (non-hydrogen) atoms. The highest BCUT2D eigenvalue weighted by Gasteiger charge is 2.14. The van der Waals surface area contributed by atoms with Crippen LogP contribution in [0.5, 0.6) is 0 Å². The van der Waals surface area contributed by atoms with Crippen molar-refractivity contribution in [3.8, 4) is 0 Å². The molecule has 3 rings (SSSR count). The number of thioether (sulfide) groups is 1. The molecule has 1 aliphatic rings. The first kappa shape index (κ1) is 10.4. The molecule has 0 N–H and O–H groups in total. The molecule has 0 saturated carbocycles. The van der Waals surface area contributed by atoms with E-state index in [0.717, 1.165) is 16.3 Å². The van der Waals surface area contributed by atoms with Crippen LogP contribution in [0.15, 0.2) is 48.5 Å². The first-order chi connectivity index (χ1) is 8.34. The minimum Gasteiger partial charge on any atom is -0.482 e. The number of hydrogen-bond donors (Lipinski definition) is 0. The van der Waals surface area contributed by atoms with E-state index in [1.807, 2.05) is 30.3 Å². The summed E-state index contributed by atoms with van der Waals surface area (Å²) in [5, 5.41) is 2.32. The average Bonchev–Trinajstić information content (AvgIpc) is 2.38. The van der Waals surface area contributed by atoms with E-state index >= 15 is 0 Å². The second-order valence-corrected chi connectivity index (χ2v) is 4.69. The monoisotopic (exact) mass is 242 g/mol. The number of carbonyl (C=O) groups is 1. The number of hydrogen-bond acceptors (Lipinski definition) is 3. The molecular weight excluding hydrogens is 232 g/mol. The smallest absolute Gasteiger partial charge is 0.219 e. The van der Waals surface area contributed by atoms with Gasteiger partial charge < -0.3 is 4.74 Å². The Labute approximate surface area is 103 Å². The largest absolute Gasteiger partial charge is 0.482 e. The second kappa shape index (κ2) is 4.26. The highest BCUT2D eigenvalue weighted by atomic mass is 32.2. The molecule has 3 heteroatoms. The Kier molecular flexibility index (Phi) is 2.61. The summed E-state index contributed by atoms with van der Waals surface area (Å²) in [4.78, 5) is 11.4. The van der Waals surface area contributed by atoms with Gasteiger partial charge >= 0.3 is 0 Å². The fourth-order valence-electron chi connectivity index (χ4n) is 1.94. The molecule has 84 valence electrons. The van der Waals surface area contributed by atoms with E-state index in [1.165, 1.54) is 11.8 Å². The SMILES string of the molecule is O=C1C=C(c2cccc3ccccc23)OCS1. The lowest BCUT2D eigenvalue weighted by atomic mass is 10.0. The molecule has 0 fully saturated rings. The fraction of sp³-hybridized carbons (Fsp3) is 0.0714. The van der Waals surface area contributed by atoms with Crippen LogP contribution in [-0.4, -0.2) is 11.1 Å². The zero-order valence-electron chi connectivity index (χ0n) is 9.05. The first-order valence-corrected chi connectivity index (χ1v) is 6.32. The Bertz CT molecular complexity index is 611. The van der Waals surface area contributed by atoms with Crippen molar-refractivity contribution >= 4 is 33.4 Å². The average molecular weight is 242 g/mol. The van der Waals surface area contributed by atoms with Crippen LogP contribution in [-0.2, 0) is 9.53 Å². The minimum absolute atomic E-state index is 0.0548. The number of carbonyl (C=O) groups excluding carboxylic acids is 1. The summed E-state index contributed by atoms with van der Waals surface area (Å²) in [6, 6.07) is 14.1. The van der Waals surface area contributed by atoms with E-state index in [-0.39, 0.29) is 5.12 Å². The van der Waals surface area contributed by atoms with Crippen LogP contribution in [0.25, 0.3) is 16.5 Å². The minimum atomic E-state index is 0.0548. The summed E-state index contributed by atoms with van der Waals surface area (Å²) in [6.07, 6.45) is 1.57. The molecule has 0 unspecified atom stereocenters. The Morgan fingerprint density at radius 2 is 1.88 bits per heavy atom. The quantitative estimate of drug-likeness (QED) is 0.766. The molecule has 0 atom stereocenters. The van der Waals surface area contributed by atoms with Crippen molar-refractivity contribution in [1.82, 2.24) is 0 Å². The van der Waals surface area contributed by atoms with E-state index in [9.17, 15) is 4.79 Å². The lowest BCUT2D eigenvalue weighted by Crippen LogP contribution is -2.03. The Balaban J connectivity index is 2.20. The van der Waals surface area contributed by atoms with E-state index in [2.05, 4.69) is 12.1 Å². The molecule has 2 aromatic carbocycles. The first-order valence-electron chi connectivity index (χ1n) is 5.34. The Hall–Kier alpha value is -1.74. The van der Waals surface area contributed by atoms with Gasteiger partial charge in [0.25, 0.3) is 0 Å². The molecule has 2 aromatic rings. The van der Waals surface area contributed by atoms with Crippen molar-refractivity contribution in [2.45, 2.75) is 0 Å². The van der Waals surface area contributed by atoms with Gasteiger partial charge in [0.1, 0.15) is 11.7 Å². The maximum absolute atomic E-state index is 11.4. The van der Waals surface area contributed by atoms with E-state index in [1.54, 1.807) is 6.08 Å². The predicted octanol–water partition coefficient (Wildman–Crippen LogP) is 3.43. The molecule has 0 aromatic heterocycles. The lowest BCUT2D eigenvalue weighted by molar-refractivity contribution is -0.107. The Morgan fingerprint density at radius 1 is 1.06 bits per heavy atom. The standard InChI is InChI=1S/C14H10O2S/c15-14-8-13(16-9-17-14)12-7-3-5-10-4-1-2-6-11(10)12/h1-8H,9H2. The molecular formula is C14H10O2S. The maximum Gasteiger partial charge on any atom is 0.219 e. The van der Waals surface area contributed by atoms with Crippen molar-refractivity contribution in [2.24, 2.45) is 0 Å². The molecule has 0 amide bonds. The van der Waals surface area contributed by atoms with E-state index in [4.69, 9.17) is 4.74 Å². The lowest BCUT2D eigenvalue weighted by Gasteiger charge is -2.15. The van der Waals surface area contributed by atoms with Gasteiger partial charge in [-0.1, -0.05) is 42.5 Å². The summed E-state index contributed by atoms with van der Waals surface area (Å²) in [5.41, 5.74) is 0.983. The molecule has 0 radical (unpaired) electrons. The second-order valence-electron chi connectivity index (χ2n) is 3.76. The molecule has 1 aliphatic heterocycles.